The lowest BCUT2D eigenvalue weighted by molar-refractivity contribution is -0.127. The molecule has 0 fully saturated rings. The van der Waals surface area contributed by atoms with E-state index in [-0.39, 0.29) is 5.91 Å². The molecule has 134 valence electrons. The minimum atomic E-state index is 0.0396. The normalized spacial score (nSPS) is 10.7. The molecule has 0 spiro atoms. The minimum Gasteiger partial charge on any atom is -0.341 e. The van der Waals surface area contributed by atoms with Gasteiger partial charge in [0.2, 0.25) is 17.6 Å². The second-order valence-electron chi connectivity index (χ2n) is 5.75. The summed E-state index contributed by atoms with van der Waals surface area (Å²) in [7, 11) is 1.81. The van der Waals surface area contributed by atoms with Crippen molar-refractivity contribution < 1.29 is 9.32 Å². The van der Waals surface area contributed by atoms with Crippen molar-refractivity contribution >= 4 is 17.7 Å². The Kier molecular flexibility index (Phi) is 6.01. The van der Waals surface area contributed by atoms with E-state index in [0.29, 0.717) is 30.4 Å². The Hall–Kier alpha value is -2.67. The monoisotopic (exact) mass is 368 g/mol. The molecular weight excluding hydrogens is 348 g/mol. The summed E-state index contributed by atoms with van der Waals surface area (Å²) in [5.41, 5.74) is 1.88. The Morgan fingerprint density at radius 3 is 2.73 bits per heavy atom. The van der Waals surface area contributed by atoms with Crippen molar-refractivity contribution in [3.63, 3.8) is 0 Å². The van der Waals surface area contributed by atoms with Crippen molar-refractivity contribution in [3.8, 4) is 11.4 Å². The quantitative estimate of drug-likeness (QED) is 0.595. The molecule has 0 aliphatic rings. The van der Waals surface area contributed by atoms with E-state index >= 15 is 0 Å². The predicted molar refractivity (Wildman–Crippen MR) is 101 cm³/mol. The van der Waals surface area contributed by atoms with Crippen LogP contribution in [-0.4, -0.2) is 38.7 Å². The molecule has 1 aromatic carbocycles. The molecule has 0 radical (unpaired) electrons. The highest BCUT2D eigenvalue weighted by atomic mass is 32.2. The molecular formula is C19H20N4O2S. The van der Waals surface area contributed by atoms with E-state index < -0.39 is 0 Å². The Morgan fingerprint density at radius 1 is 1.19 bits per heavy atom. The molecule has 2 heterocycles. The third-order valence-electron chi connectivity index (χ3n) is 3.80. The van der Waals surface area contributed by atoms with Gasteiger partial charge in [0.15, 0.2) is 0 Å². The largest absolute Gasteiger partial charge is 0.341 e. The molecule has 0 saturated carbocycles. The lowest BCUT2D eigenvalue weighted by atomic mass is 10.2. The first kappa shape index (κ1) is 18.1. The average molecular weight is 368 g/mol. The molecule has 3 rings (SSSR count). The van der Waals surface area contributed by atoms with Gasteiger partial charge in [-0.3, -0.25) is 4.79 Å². The Labute approximate surface area is 156 Å². The van der Waals surface area contributed by atoms with Crippen molar-refractivity contribution in [1.82, 2.24) is 20.0 Å². The van der Waals surface area contributed by atoms with E-state index in [1.54, 1.807) is 11.1 Å². The van der Waals surface area contributed by atoms with Crippen LogP contribution in [0.15, 0.2) is 58.2 Å². The van der Waals surface area contributed by atoms with Gasteiger partial charge in [-0.05, 0) is 17.7 Å². The van der Waals surface area contributed by atoms with Crippen LogP contribution >= 0.6 is 11.8 Å². The number of thioether (sulfide) groups is 1. The van der Waals surface area contributed by atoms with E-state index in [1.165, 1.54) is 11.8 Å². The van der Waals surface area contributed by atoms with Crippen molar-refractivity contribution in [2.45, 2.75) is 24.9 Å². The second kappa shape index (κ2) is 8.62. The van der Waals surface area contributed by atoms with Gasteiger partial charge < -0.3 is 9.42 Å². The zero-order valence-electron chi connectivity index (χ0n) is 14.8. The first-order chi connectivity index (χ1) is 12.7. The summed E-state index contributed by atoms with van der Waals surface area (Å²) >= 11 is 1.38. The summed E-state index contributed by atoms with van der Waals surface area (Å²) in [4.78, 5) is 22.9. The Morgan fingerprint density at radius 2 is 2.00 bits per heavy atom. The average Bonchev–Trinajstić information content (AvgIpc) is 3.16. The van der Waals surface area contributed by atoms with Gasteiger partial charge >= 0.3 is 0 Å². The molecule has 0 aliphatic carbocycles. The van der Waals surface area contributed by atoms with E-state index in [0.717, 1.165) is 16.2 Å². The minimum absolute atomic E-state index is 0.0396. The maximum atomic E-state index is 12.4. The third kappa shape index (κ3) is 4.49. The molecule has 0 N–H and O–H groups in total. The topological polar surface area (TPSA) is 72.1 Å². The van der Waals surface area contributed by atoms with Crippen LogP contribution in [-0.2, 0) is 17.8 Å². The third-order valence-corrected chi connectivity index (χ3v) is 4.79. The zero-order valence-corrected chi connectivity index (χ0v) is 15.6. The molecule has 0 saturated heterocycles. The van der Waals surface area contributed by atoms with Crippen molar-refractivity contribution in [3.05, 3.63) is 60.1 Å². The molecule has 26 heavy (non-hydrogen) atoms. The summed E-state index contributed by atoms with van der Waals surface area (Å²) in [6.07, 6.45) is 2.38. The number of nitrogens with zero attached hydrogens (tertiary/aromatic N) is 4. The highest BCUT2D eigenvalue weighted by Crippen LogP contribution is 2.27. The van der Waals surface area contributed by atoms with Gasteiger partial charge in [-0.15, -0.1) is 0 Å². The second-order valence-corrected chi connectivity index (χ2v) is 6.71. The number of carbonyl (C=O) groups excluding carboxylic acids is 1. The van der Waals surface area contributed by atoms with Crippen LogP contribution in [0.5, 0.6) is 0 Å². The van der Waals surface area contributed by atoms with Gasteiger partial charge in [0.1, 0.15) is 5.03 Å². The SMILES string of the molecule is CCc1nc(-c2cccnc2SCC(=O)N(C)Cc2ccccc2)no1. The number of hydrogen-bond acceptors (Lipinski definition) is 6. The highest BCUT2D eigenvalue weighted by Gasteiger charge is 2.16. The summed E-state index contributed by atoms with van der Waals surface area (Å²) < 4.78 is 5.18. The van der Waals surface area contributed by atoms with Gasteiger partial charge in [0.25, 0.3) is 0 Å². The first-order valence-corrected chi connectivity index (χ1v) is 9.34. The maximum absolute atomic E-state index is 12.4. The lowest BCUT2D eigenvalue weighted by Crippen LogP contribution is -2.27. The fourth-order valence-electron chi connectivity index (χ4n) is 2.37. The number of aryl methyl sites for hydroxylation is 1. The molecule has 0 bridgehead atoms. The molecule has 7 heteroatoms. The number of benzene rings is 1. The van der Waals surface area contributed by atoms with E-state index in [2.05, 4.69) is 15.1 Å². The maximum Gasteiger partial charge on any atom is 0.233 e. The number of rotatable bonds is 7. The fourth-order valence-corrected chi connectivity index (χ4v) is 3.30. The standard InChI is InChI=1S/C19H20N4O2S/c1-3-16-21-18(22-25-16)15-10-7-11-20-19(15)26-13-17(24)23(2)12-14-8-5-4-6-9-14/h4-11H,3,12-13H2,1-2H3. The van der Waals surface area contributed by atoms with Crippen molar-refractivity contribution in [2.75, 3.05) is 12.8 Å². The van der Waals surface area contributed by atoms with Gasteiger partial charge in [-0.25, -0.2) is 4.98 Å². The van der Waals surface area contributed by atoms with Gasteiger partial charge in [-0.1, -0.05) is 54.2 Å². The van der Waals surface area contributed by atoms with Crippen LogP contribution in [0.25, 0.3) is 11.4 Å². The Bertz CT molecular complexity index is 867. The van der Waals surface area contributed by atoms with Crippen LogP contribution in [0.2, 0.25) is 0 Å². The summed E-state index contributed by atoms with van der Waals surface area (Å²) in [6, 6.07) is 13.6. The molecule has 0 aliphatic heterocycles. The van der Waals surface area contributed by atoms with Crippen LogP contribution in [0, 0.1) is 0 Å². The fraction of sp³-hybridized carbons (Fsp3) is 0.263. The van der Waals surface area contributed by atoms with E-state index in [1.807, 2.05) is 56.4 Å². The van der Waals surface area contributed by atoms with Crippen molar-refractivity contribution in [2.24, 2.45) is 0 Å². The summed E-state index contributed by atoms with van der Waals surface area (Å²) in [5, 5.41) is 4.72. The van der Waals surface area contributed by atoms with Crippen LogP contribution < -0.4 is 0 Å². The molecule has 2 aromatic heterocycles. The van der Waals surface area contributed by atoms with Gasteiger partial charge in [0, 0.05) is 26.2 Å². The van der Waals surface area contributed by atoms with Gasteiger partial charge in [-0.2, -0.15) is 4.98 Å². The number of pyridine rings is 1. The Balaban J connectivity index is 1.65. The molecule has 0 atom stereocenters. The molecule has 3 aromatic rings. The summed E-state index contributed by atoms with van der Waals surface area (Å²) in [5.74, 6) is 1.42. The number of carbonyl (C=O) groups is 1. The smallest absolute Gasteiger partial charge is 0.233 e. The lowest BCUT2D eigenvalue weighted by Gasteiger charge is -2.17. The van der Waals surface area contributed by atoms with E-state index in [4.69, 9.17) is 4.52 Å². The van der Waals surface area contributed by atoms with Crippen LogP contribution in [0.4, 0.5) is 0 Å². The zero-order chi connectivity index (χ0) is 18.4. The van der Waals surface area contributed by atoms with Crippen LogP contribution in [0.1, 0.15) is 18.4 Å². The first-order valence-electron chi connectivity index (χ1n) is 8.36. The number of hydrogen-bond donors (Lipinski definition) is 0. The van der Waals surface area contributed by atoms with Gasteiger partial charge in [0.05, 0.1) is 11.3 Å². The molecule has 1 amide bonds. The van der Waals surface area contributed by atoms with E-state index in [9.17, 15) is 4.79 Å². The predicted octanol–water partition coefficient (Wildman–Crippen LogP) is 3.44. The van der Waals surface area contributed by atoms with Crippen molar-refractivity contribution in [1.29, 1.82) is 0 Å². The molecule has 6 nitrogen and oxygen atoms in total. The number of aromatic nitrogens is 3. The molecule has 0 unspecified atom stereocenters. The summed E-state index contributed by atoms with van der Waals surface area (Å²) in [6.45, 7) is 2.54. The highest BCUT2D eigenvalue weighted by molar-refractivity contribution is 8.00. The van der Waals surface area contributed by atoms with Crippen LogP contribution in [0.3, 0.4) is 0 Å². The number of amides is 1.